The Morgan fingerprint density at radius 2 is 1.91 bits per heavy atom. The largest absolute Gasteiger partial charge is 0.513 e. The average molecular weight is 341 g/mol. The molecule has 4 nitrogen and oxygen atoms in total. The molecule has 0 amide bonds. The van der Waals surface area contributed by atoms with E-state index in [4.69, 9.17) is 32.7 Å². The molecule has 0 radical (unpaired) electrons. The van der Waals surface area contributed by atoms with Gasteiger partial charge in [0, 0.05) is 5.02 Å². The van der Waals surface area contributed by atoms with E-state index >= 15 is 0 Å². The maximum absolute atomic E-state index is 11.3. The van der Waals surface area contributed by atoms with Crippen molar-refractivity contribution in [2.24, 2.45) is 0 Å². The first-order chi connectivity index (χ1) is 10.5. The van der Waals surface area contributed by atoms with E-state index in [2.05, 4.69) is 4.74 Å². The van der Waals surface area contributed by atoms with Crippen LogP contribution in [0.25, 0.3) is 0 Å². The first-order valence-electron chi connectivity index (χ1n) is 6.43. The van der Waals surface area contributed by atoms with Gasteiger partial charge in [0.05, 0.1) is 17.7 Å². The molecule has 2 rings (SSSR count). The molecule has 0 aromatic heterocycles. The van der Waals surface area contributed by atoms with Crippen molar-refractivity contribution in [3.05, 3.63) is 57.6 Å². The molecule has 0 spiro atoms. The zero-order valence-corrected chi connectivity index (χ0v) is 13.6. The van der Waals surface area contributed by atoms with Crippen molar-refractivity contribution in [3.8, 4) is 11.5 Å². The number of halogens is 2. The van der Waals surface area contributed by atoms with E-state index in [0.29, 0.717) is 21.4 Å². The third-order valence-electron chi connectivity index (χ3n) is 2.96. The second kappa shape index (κ2) is 7.38. The molecule has 0 aliphatic rings. The van der Waals surface area contributed by atoms with Crippen LogP contribution >= 0.6 is 23.2 Å². The Kier molecular flexibility index (Phi) is 5.52. The quantitative estimate of drug-likeness (QED) is 0.578. The van der Waals surface area contributed by atoms with Crippen LogP contribution in [0.1, 0.15) is 11.1 Å². The lowest BCUT2D eigenvalue weighted by Crippen LogP contribution is -2.10. The lowest BCUT2D eigenvalue weighted by Gasteiger charge is -2.12. The van der Waals surface area contributed by atoms with Crippen molar-refractivity contribution >= 4 is 29.4 Å². The standard InChI is InChI=1S/C16H14Cl2O4/c1-10-6-7-11(8-14(10)18)21-9-12-13(17)4-3-5-15(12)22-16(19)20-2/h3-8H,9H2,1-2H3. The monoisotopic (exact) mass is 340 g/mol. The van der Waals surface area contributed by atoms with Crippen LogP contribution in [0.15, 0.2) is 36.4 Å². The molecule has 2 aromatic carbocycles. The van der Waals surface area contributed by atoms with E-state index in [1.54, 1.807) is 30.3 Å². The van der Waals surface area contributed by atoms with Crippen LogP contribution < -0.4 is 9.47 Å². The maximum Gasteiger partial charge on any atom is 0.513 e. The number of ether oxygens (including phenoxy) is 3. The molecule has 22 heavy (non-hydrogen) atoms. The molecule has 2 aromatic rings. The van der Waals surface area contributed by atoms with Crippen molar-refractivity contribution in [1.29, 1.82) is 0 Å². The molecular weight excluding hydrogens is 327 g/mol. The van der Waals surface area contributed by atoms with Gasteiger partial charge in [0.25, 0.3) is 0 Å². The van der Waals surface area contributed by atoms with Crippen LogP contribution in [0.5, 0.6) is 11.5 Å². The summed E-state index contributed by atoms with van der Waals surface area (Å²) >= 11 is 12.2. The number of rotatable bonds is 4. The highest BCUT2D eigenvalue weighted by atomic mass is 35.5. The highest BCUT2D eigenvalue weighted by Gasteiger charge is 2.13. The van der Waals surface area contributed by atoms with Crippen molar-refractivity contribution in [2.75, 3.05) is 7.11 Å². The Labute approximate surface area is 138 Å². The summed E-state index contributed by atoms with van der Waals surface area (Å²) in [5, 5.41) is 1.04. The van der Waals surface area contributed by atoms with Gasteiger partial charge in [0.2, 0.25) is 0 Å². The van der Waals surface area contributed by atoms with Crippen molar-refractivity contribution in [1.82, 2.24) is 0 Å². The molecule has 0 saturated carbocycles. The summed E-state index contributed by atoms with van der Waals surface area (Å²) in [5.41, 5.74) is 1.51. The van der Waals surface area contributed by atoms with Crippen molar-refractivity contribution in [3.63, 3.8) is 0 Å². The molecular formula is C16H14Cl2O4. The number of carbonyl (C=O) groups is 1. The van der Waals surface area contributed by atoms with Gasteiger partial charge in [-0.05, 0) is 36.8 Å². The predicted molar refractivity (Wildman–Crippen MR) is 85.0 cm³/mol. The van der Waals surface area contributed by atoms with Gasteiger partial charge in [-0.25, -0.2) is 4.79 Å². The zero-order chi connectivity index (χ0) is 16.1. The van der Waals surface area contributed by atoms with Gasteiger partial charge in [-0.2, -0.15) is 0 Å². The van der Waals surface area contributed by atoms with Gasteiger partial charge in [0.15, 0.2) is 0 Å². The van der Waals surface area contributed by atoms with Gasteiger partial charge in [0.1, 0.15) is 18.1 Å². The van der Waals surface area contributed by atoms with Crippen molar-refractivity contribution in [2.45, 2.75) is 13.5 Å². The topological polar surface area (TPSA) is 44.8 Å². The molecule has 0 aliphatic heterocycles. The number of hydrogen-bond acceptors (Lipinski definition) is 4. The molecule has 116 valence electrons. The highest BCUT2D eigenvalue weighted by molar-refractivity contribution is 6.31. The van der Waals surface area contributed by atoms with Gasteiger partial charge < -0.3 is 14.2 Å². The van der Waals surface area contributed by atoms with Crippen LogP contribution in [0.4, 0.5) is 4.79 Å². The fraction of sp³-hybridized carbons (Fsp3) is 0.188. The Balaban J connectivity index is 2.17. The minimum absolute atomic E-state index is 0.130. The van der Waals surface area contributed by atoms with E-state index in [1.165, 1.54) is 7.11 Å². The van der Waals surface area contributed by atoms with Crippen LogP contribution in [-0.2, 0) is 11.3 Å². The average Bonchev–Trinajstić information content (AvgIpc) is 2.50. The fourth-order valence-electron chi connectivity index (χ4n) is 1.72. The molecule has 0 aliphatic carbocycles. The first-order valence-corrected chi connectivity index (χ1v) is 7.19. The van der Waals surface area contributed by atoms with Crippen molar-refractivity contribution < 1.29 is 19.0 Å². The lowest BCUT2D eigenvalue weighted by molar-refractivity contribution is 0.120. The minimum atomic E-state index is -0.818. The van der Waals surface area contributed by atoms with E-state index < -0.39 is 6.16 Å². The molecule has 0 unspecified atom stereocenters. The second-order valence-electron chi connectivity index (χ2n) is 4.47. The van der Waals surface area contributed by atoms with Crippen LogP contribution in [0.2, 0.25) is 10.0 Å². The molecule has 0 fully saturated rings. The summed E-state index contributed by atoms with van der Waals surface area (Å²) in [6.45, 7) is 2.04. The zero-order valence-electron chi connectivity index (χ0n) is 12.1. The maximum atomic E-state index is 11.3. The predicted octanol–water partition coefficient (Wildman–Crippen LogP) is 5.03. The number of carbonyl (C=O) groups excluding carboxylic acids is 1. The van der Waals surface area contributed by atoms with Gasteiger partial charge in [-0.15, -0.1) is 0 Å². The van der Waals surface area contributed by atoms with E-state index in [1.807, 2.05) is 13.0 Å². The van der Waals surface area contributed by atoms with Gasteiger partial charge in [-0.1, -0.05) is 35.3 Å². The Bertz CT molecular complexity index is 686. The fourth-order valence-corrected chi connectivity index (χ4v) is 2.12. The van der Waals surface area contributed by atoms with E-state index in [9.17, 15) is 4.79 Å². The Morgan fingerprint density at radius 1 is 1.14 bits per heavy atom. The summed E-state index contributed by atoms with van der Waals surface area (Å²) in [5.74, 6) is 0.886. The number of benzene rings is 2. The molecule has 0 saturated heterocycles. The molecule has 0 N–H and O–H groups in total. The molecule has 0 heterocycles. The molecule has 6 heteroatoms. The SMILES string of the molecule is COC(=O)Oc1cccc(Cl)c1COc1ccc(C)c(Cl)c1. The minimum Gasteiger partial charge on any atom is -0.489 e. The molecule has 0 atom stereocenters. The third kappa shape index (κ3) is 4.06. The van der Waals surface area contributed by atoms with Crippen LogP contribution in [-0.4, -0.2) is 13.3 Å². The van der Waals surface area contributed by atoms with Crippen LogP contribution in [0.3, 0.4) is 0 Å². The summed E-state index contributed by atoms with van der Waals surface area (Å²) in [6, 6.07) is 10.4. The summed E-state index contributed by atoms with van der Waals surface area (Å²) in [4.78, 5) is 11.3. The Morgan fingerprint density at radius 3 is 2.59 bits per heavy atom. The highest BCUT2D eigenvalue weighted by Crippen LogP contribution is 2.29. The second-order valence-corrected chi connectivity index (χ2v) is 5.29. The van der Waals surface area contributed by atoms with Gasteiger partial charge >= 0.3 is 6.16 Å². The number of hydrogen-bond donors (Lipinski definition) is 0. The summed E-state index contributed by atoms with van der Waals surface area (Å²) in [7, 11) is 1.23. The smallest absolute Gasteiger partial charge is 0.489 e. The number of methoxy groups -OCH3 is 1. The lowest BCUT2D eigenvalue weighted by atomic mass is 10.2. The van der Waals surface area contributed by atoms with Crippen LogP contribution in [0, 0.1) is 6.92 Å². The van der Waals surface area contributed by atoms with Gasteiger partial charge in [-0.3, -0.25) is 0 Å². The van der Waals surface area contributed by atoms with E-state index in [-0.39, 0.29) is 12.4 Å². The summed E-state index contributed by atoms with van der Waals surface area (Å²) in [6.07, 6.45) is -0.818. The number of aryl methyl sites for hydroxylation is 1. The molecule has 0 bridgehead atoms. The third-order valence-corrected chi connectivity index (χ3v) is 3.72. The normalized spacial score (nSPS) is 10.2. The van der Waals surface area contributed by atoms with E-state index in [0.717, 1.165) is 5.56 Å². The first kappa shape index (κ1) is 16.5. The Hall–Kier alpha value is -1.91. The summed E-state index contributed by atoms with van der Waals surface area (Å²) < 4.78 is 15.2.